The van der Waals surface area contributed by atoms with E-state index >= 15 is 0 Å². The number of urea groups is 1. The molecular formula is C19H31N3O3. The molecule has 4 aliphatic carbocycles. The minimum atomic E-state index is -0.386. The maximum absolute atomic E-state index is 12.7. The van der Waals surface area contributed by atoms with Crippen LogP contribution in [0.3, 0.4) is 0 Å². The van der Waals surface area contributed by atoms with Crippen LogP contribution in [0.5, 0.6) is 0 Å². The van der Waals surface area contributed by atoms with E-state index < -0.39 is 0 Å². The highest BCUT2D eigenvalue weighted by molar-refractivity contribution is 5.75. The van der Waals surface area contributed by atoms with E-state index in [4.69, 9.17) is 4.74 Å². The summed E-state index contributed by atoms with van der Waals surface area (Å²) in [6.45, 7) is 4.94. The first-order valence-corrected chi connectivity index (χ1v) is 10.0. The molecule has 0 unspecified atom stereocenters. The lowest BCUT2D eigenvalue weighted by atomic mass is 9.54. The molecule has 25 heavy (non-hydrogen) atoms. The van der Waals surface area contributed by atoms with E-state index in [1.54, 1.807) is 0 Å². The van der Waals surface area contributed by atoms with Crippen molar-refractivity contribution < 1.29 is 14.3 Å². The Morgan fingerprint density at radius 1 is 1.00 bits per heavy atom. The van der Waals surface area contributed by atoms with E-state index in [1.807, 2.05) is 18.7 Å². The van der Waals surface area contributed by atoms with Crippen LogP contribution in [0.1, 0.15) is 52.4 Å². The lowest BCUT2D eigenvalue weighted by molar-refractivity contribution is -0.0107. The number of ether oxygens (including phenoxy) is 1. The van der Waals surface area contributed by atoms with Crippen molar-refractivity contribution >= 4 is 12.1 Å². The van der Waals surface area contributed by atoms with Crippen LogP contribution >= 0.6 is 0 Å². The van der Waals surface area contributed by atoms with Gasteiger partial charge in [-0.3, -0.25) is 0 Å². The average Bonchev–Trinajstić information content (AvgIpc) is 2.97. The zero-order chi connectivity index (χ0) is 17.6. The molecule has 3 amide bonds. The minimum Gasteiger partial charge on any atom is -0.447 e. The van der Waals surface area contributed by atoms with Gasteiger partial charge in [0.05, 0.1) is 12.1 Å². The highest BCUT2D eigenvalue weighted by Gasteiger charge is 2.49. The summed E-state index contributed by atoms with van der Waals surface area (Å²) in [4.78, 5) is 26.3. The minimum absolute atomic E-state index is 0.00417. The monoisotopic (exact) mass is 349 g/mol. The van der Waals surface area contributed by atoms with Crippen LogP contribution < -0.4 is 10.6 Å². The van der Waals surface area contributed by atoms with Gasteiger partial charge in [-0.2, -0.15) is 0 Å². The van der Waals surface area contributed by atoms with Gasteiger partial charge in [0.2, 0.25) is 0 Å². The second kappa shape index (κ2) is 6.69. The fraction of sp³-hybridized carbons (Fsp3) is 0.895. The molecule has 0 aromatic heterocycles. The number of carbonyl (C=O) groups excluding carboxylic acids is 2. The molecule has 1 atom stereocenters. The second-order valence-electron chi connectivity index (χ2n) is 8.94. The number of carbonyl (C=O) groups is 2. The smallest absolute Gasteiger partial charge is 0.407 e. The summed E-state index contributed by atoms with van der Waals surface area (Å²) < 4.78 is 5.12. The van der Waals surface area contributed by atoms with Crippen molar-refractivity contribution in [1.82, 2.24) is 15.5 Å². The number of hydrogen-bond donors (Lipinski definition) is 2. The summed E-state index contributed by atoms with van der Waals surface area (Å²) in [6, 6.07) is 0.424. The Kier molecular flexibility index (Phi) is 4.54. The fourth-order valence-corrected chi connectivity index (χ4v) is 5.87. The predicted octanol–water partition coefficient (Wildman–Crippen LogP) is 2.73. The summed E-state index contributed by atoms with van der Waals surface area (Å²) in [6.07, 6.45) is 6.95. The number of nitrogens with zero attached hydrogens (tertiary/aromatic N) is 1. The molecule has 5 fully saturated rings. The molecular weight excluding hydrogens is 318 g/mol. The summed E-state index contributed by atoms with van der Waals surface area (Å²) >= 11 is 0. The van der Waals surface area contributed by atoms with Crippen molar-refractivity contribution in [1.29, 1.82) is 0 Å². The lowest BCUT2D eigenvalue weighted by Gasteiger charge is -2.54. The Morgan fingerprint density at radius 3 is 2.24 bits per heavy atom. The average molecular weight is 349 g/mol. The molecule has 6 nitrogen and oxygen atoms in total. The molecule has 0 radical (unpaired) electrons. The molecule has 6 heteroatoms. The van der Waals surface area contributed by atoms with E-state index in [0.717, 1.165) is 18.3 Å². The summed E-state index contributed by atoms with van der Waals surface area (Å²) in [5.74, 6) is 3.22. The van der Waals surface area contributed by atoms with Gasteiger partial charge in [-0.1, -0.05) is 0 Å². The number of nitrogens with one attached hydrogen (secondary N) is 2. The SMILES string of the molecule is CC(C)OC(=O)N[C@@H]1CCN(C(=O)NC2C3CC4CC(C3)CC2C4)C1. The molecule has 4 saturated carbocycles. The Labute approximate surface area is 150 Å². The maximum Gasteiger partial charge on any atom is 0.407 e. The zero-order valence-electron chi connectivity index (χ0n) is 15.4. The van der Waals surface area contributed by atoms with Crippen LogP contribution in [0.15, 0.2) is 0 Å². The number of hydrogen-bond acceptors (Lipinski definition) is 3. The van der Waals surface area contributed by atoms with Gasteiger partial charge >= 0.3 is 12.1 Å². The van der Waals surface area contributed by atoms with E-state index in [9.17, 15) is 9.59 Å². The normalized spacial score (nSPS) is 38.9. The third-order valence-electron chi connectivity index (χ3n) is 6.66. The molecule has 0 aromatic rings. The Hall–Kier alpha value is -1.46. The van der Waals surface area contributed by atoms with Crippen LogP contribution in [-0.4, -0.2) is 48.3 Å². The van der Waals surface area contributed by atoms with E-state index in [0.29, 0.717) is 31.0 Å². The van der Waals surface area contributed by atoms with Crippen LogP contribution in [-0.2, 0) is 4.74 Å². The van der Waals surface area contributed by atoms with Gasteiger partial charge in [-0.25, -0.2) is 9.59 Å². The van der Waals surface area contributed by atoms with Crippen molar-refractivity contribution in [2.24, 2.45) is 23.7 Å². The molecule has 1 saturated heterocycles. The Balaban J connectivity index is 1.27. The largest absolute Gasteiger partial charge is 0.447 e. The van der Waals surface area contributed by atoms with Gasteiger partial charge in [0, 0.05) is 19.1 Å². The first-order valence-electron chi connectivity index (χ1n) is 10.0. The van der Waals surface area contributed by atoms with Crippen molar-refractivity contribution in [3.8, 4) is 0 Å². The molecule has 140 valence electrons. The van der Waals surface area contributed by atoms with Gasteiger partial charge in [-0.05, 0) is 76.0 Å². The third kappa shape index (κ3) is 3.58. The predicted molar refractivity (Wildman–Crippen MR) is 94.1 cm³/mol. The quantitative estimate of drug-likeness (QED) is 0.823. The number of likely N-dealkylation sites (tertiary alicyclic amines) is 1. The zero-order valence-corrected chi connectivity index (χ0v) is 15.4. The molecule has 5 aliphatic rings. The van der Waals surface area contributed by atoms with Crippen LogP contribution in [0, 0.1) is 23.7 Å². The van der Waals surface area contributed by atoms with Crippen molar-refractivity contribution in [2.75, 3.05) is 13.1 Å². The standard InChI is InChI=1S/C19H31N3O3/c1-11(2)25-19(24)20-16-3-4-22(10-16)18(23)21-17-14-6-12-5-13(8-14)9-15(17)7-12/h11-17H,3-10H2,1-2H3,(H,20,24)(H,21,23)/t12?,13?,14?,15?,16-,17?/m1/s1. The van der Waals surface area contributed by atoms with Gasteiger partial charge in [0.15, 0.2) is 0 Å². The molecule has 1 aliphatic heterocycles. The molecule has 5 rings (SSSR count). The number of rotatable bonds is 3. The molecule has 0 spiro atoms. The number of alkyl carbamates (subject to hydrolysis) is 1. The molecule has 4 bridgehead atoms. The summed E-state index contributed by atoms with van der Waals surface area (Å²) in [5, 5.41) is 6.22. The van der Waals surface area contributed by atoms with Gasteiger partial charge < -0.3 is 20.3 Å². The second-order valence-corrected chi connectivity index (χ2v) is 8.94. The van der Waals surface area contributed by atoms with Crippen LogP contribution in [0.2, 0.25) is 0 Å². The van der Waals surface area contributed by atoms with Crippen LogP contribution in [0.4, 0.5) is 9.59 Å². The van der Waals surface area contributed by atoms with Gasteiger partial charge in [0.1, 0.15) is 0 Å². The molecule has 2 N–H and O–H groups in total. The van der Waals surface area contributed by atoms with Crippen molar-refractivity contribution in [3.05, 3.63) is 0 Å². The van der Waals surface area contributed by atoms with E-state index in [2.05, 4.69) is 10.6 Å². The third-order valence-corrected chi connectivity index (χ3v) is 6.66. The first-order chi connectivity index (χ1) is 12.0. The maximum atomic E-state index is 12.7. The van der Waals surface area contributed by atoms with Crippen molar-refractivity contribution in [3.63, 3.8) is 0 Å². The summed E-state index contributed by atoms with van der Waals surface area (Å²) in [5.41, 5.74) is 0. The topological polar surface area (TPSA) is 70.7 Å². The van der Waals surface area contributed by atoms with Crippen LogP contribution in [0.25, 0.3) is 0 Å². The summed E-state index contributed by atoms with van der Waals surface area (Å²) in [7, 11) is 0. The first kappa shape index (κ1) is 17.0. The molecule has 1 heterocycles. The van der Waals surface area contributed by atoms with E-state index in [1.165, 1.54) is 32.1 Å². The Bertz CT molecular complexity index is 508. The molecule has 0 aromatic carbocycles. The van der Waals surface area contributed by atoms with Gasteiger partial charge in [0.25, 0.3) is 0 Å². The highest BCUT2D eigenvalue weighted by atomic mass is 16.6. The number of amides is 3. The fourth-order valence-electron chi connectivity index (χ4n) is 5.87. The highest BCUT2D eigenvalue weighted by Crippen LogP contribution is 2.53. The lowest BCUT2D eigenvalue weighted by Crippen LogP contribution is -2.57. The Morgan fingerprint density at radius 2 is 1.64 bits per heavy atom. The van der Waals surface area contributed by atoms with E-state index in [-0.39, 0.29) is 24.3 Å². The van der Waals surface area contributed by atoms with Crippen molar-refractivity contribution in [2.45, 2.75) is 70.6 Å². The van der Waals surface area contributed by atoms with Gasteiger partial charge in [-0.15, -0.1) is 0 Å².